The second kappa shape index (κ2) is 8.31. The van der Waals surface area contributed by atoms with Gasteiger partial charge in [0.25, 0.3) is 5.91 Å². The first-order chi connectivity index (χ1) is 11.0. The molecule has 0 unspecified atom stereocenters. The van der Waals surface area contributed by atoms with E-state index in [0.717, 1.165) is 0 Å². The summed E-state index contributed by atoms with van der Waals surface area (Å²) >= 11 is 5.85. The zero-order valence-corrected chi connectivity index (χ0v) is 14.5. The van der Waals surface area contributed by atoms with Crippen molar-refractivity contribution in [1.82, 2.24) is 15.1 Å². The average molecular weight is 338 g/mol. The molecule has 0 spiro atoms. The highest BCUT2D eigenvalue weighted by Gasteiger charge is 2.23. The van der Waals surface area contributed by atoms with Gasteiger partial charge in [0.2, 0.25) is 5.91 Å². The van der Waals surface area contributed by atoms with E-state index in [1.807, 2.05) is 4.90 Å². The summed E-state index contributed by atoms with van der Waals surface area (Å²) in [5.74, 6) is 0.523. The first-order valence-corrected chi connectivity index (χ1v) is 8.37. The number of halogens is 1. The van der Waals surface area contributed by atoms with Crippen molar-refractivity contribution in [3.8, 4) is 0 Å². The lowest BCUT2D eigenvalue weighted by atomic mass is 10.2. The smallest absolute Gasteiger partial charge is 0.253 e. The number of nitrogens with one attached hydrogen (secondary N) is 1. The second-order valence-corrected chi connectivity index (χ2v) is 6.71. The Hall–Kier alpha value is -1.59. The lowest BCUT2D eigenvalue weighted by Gasteiger charge is -2.34. The molecule has 2 rings (SSSR count). The first kappa shape index (κ1) is 17.8. The molecule has 1 fully saturated rings. The van der Waals surface area contributed by atoms with Gasteiger partial charge in [0.15, 0.2) is 0 Å². The standard InChI is InChI=1S/C17H24ClN3O2/c1-13(2)11-19-16(22)12-20-7-9-21(10-8-20)17(23)14-3-5-15(18)6-4-14/h3-6,13H,7-12H2,1-2H3,(H,19,22). The second-order valence-electron chi connectivity index (χ2n) is 6.27. The van der Waals surface area contributed by atoms with E-state index in [2.05, 4.69) is 24.1 Å². The molecule has 1 heterocycles. The van der Waals surface area contributed by atoms with Gasteiger partial charge in [-0.25, -0.2) is 0 Å². The highest BCUT2D eigenvalue weighted by Crippen LogP contribution is 2.13. The molecule has 0 atom stereocenters. The van der Waals surface area contributed by atoms with E-state index < -0.39 is 0 Å². The van der Waals surface area contributed by atoms with Crippen LogP contribution in [0.1, 0.15) is 24.2 Å². The highest BCUT2D eigenvalue weighted by atomic mass is 35.5. The van der Waals surface area contributed by atoms with Gasteiger partial charge in [-0.05, 0) is 30.2 Å². The lowest BCUT2D eigenvalue weighted by molar-refractivity contribution is -0.122. The van der Waals surface area contributed by atoms with Crippen LogP contribution in [0.4, 0.5) is 0 Å². The predicted molar refractivity (Wildman–Crippen MR) is 91.6 cm³/mol. The van der Waals surface area contributed by atoms with Crippen LogP contribution in [-0.4, -0.2) is 60.9 Å². The van der Waals surface area contributed by atoms with Gasteiger partial charge >= 0.3 is 0 Å². The molecule has 1 aliphatic rings. The van der Waals surface area contributed by atoms with E-state index in [-0.39, 0.29) is 11.8 Å². The Labute approximate surface area is 142 Å². The largest absolute Gasteiger partial charge is 0.355 e. The molecule has 0 aliphatic carbocycles. The van der Waals surface area contributed by atoms with E-state index in [4.69, 9.17) is 11.6 Å². The summed E-state index contributed by atoms with van der Waals surface area (Å²) in [6.07, 6.45) is 0. The van der Waals surface area contributed by atoms with Crippen molar-refractivity contribution in [3.05, 3.63) is 34.9 Å². The minimum atomic E-state index is 0.0191. The van der Waals surface area contributed by atoms with Crippen LogP contribution in [0.15, 0.2) is 24.3 Å². The van der Waals surface area contributed by atoms with E-state index in [9.17, 15) is 9.59 Å². The van der Waals surface area contributed by atoms with E-state index in [1.54, 1.807) is 24.3 Å². The van der Waals surface area contributed by atoms with Crippen LogP contribution in [0.3, 0.4) is 0 Å². The molecule has 2 amide bonds. The number of piperazine rings is 1. The maximum atomic E-state index is 12.4. The number of hydrogen-bond acceptors (Lipinski definition) is 3. The van der Waals surface area contributed by atoms with Gasteiger partial charge in [-0.3, -0.25) is 14.5 Å². The summed E-state index contributed by atoms with van der Waals surface area (Å²) in [6, 6.07) is 6.95. The topological polar surface area (TPSA) is 52.7 Å². The molecule has 1 N–H and O–H groups in total. The third-order valence-corrected chi connectivity index (χ3v) is 4.08. The zero-order valence-electron chi connectivity index (χ0n) is 13.7. The van der Waals surface area contributed by atoms with Crippen LogP contribution in [0.5, 0.6) is 0 Å². The van der Waals surface area contributed by atoms with Crippen LogP contribution in [0.25, 0.3) is 0 Å². The Morgan fingerprint density at radius 3 is 2.30 bits per heavy atom. The first-order valence-electron chi connectivity index (χ1n) is 7.99. The van der Waals surface area contributed by atoms with Gasteiger partial charge in [0, 0.05) is 43.3 Å². The minimum absolute atomic E-state index is 0.0191. The fraction of sp³-hybridized carbons (Fsp3) is 0.529. The summed E-state index contributed by atoms with van der Waals surface area (Å²) < 4.78 is 0. The van der Waals surface area contributed by atoms with E-state index in [1.165, 1.54) is 0 Å². The number of benzene rings is 1. The van der Waals surface area contributed by atoms with Crippen molar-refractivity contribution < 1.29 is 9.59 Å². The van der Waals surface area contributed by atoms with Crippen LogP contribution < -0.4 is 5.32 Å². The third kappa shape index (κ3) is 5.52. The van der Waals surface area contributed by atoms with Crippen molar-refractivity contribution >= 4 is 23.4 Å². The monoisotopic (exact) mass is 337 g/mol. The fourth-order valence-corrected chi connectivity index (χ4v) is 2.59. The van der Waals surface area contributed by atoms with Crippen molar-refractivity contribution in [3.63, 3.8) is 0 Å². The zero-order chi connectivity index (χ0) is 16.8. The quantitative estimate of drug-likeness (QED) is 0.892. The van der Waals surface area contributed by atoms with Gasteiger partial charge in [0.1, 0.15) is 0 Å². The van der Waals surface area contributed by atoms with Crippen molar-refractivity contribution in [2.75, 3.05) is 39.3 Å². The van der Waals surface area contributed by atoms with Gasteiger partial charge in [0.05, 0.1) is 6.54 Å². The summed E-state index contributed by atoms with van der Waals surface area (Å²) in [6.45, 7) is 7.95. The van der Waals surface area contributed by atoms with Crippen LogP contribution in [0, 0.1) is 5.92 Å². The third-order valence-electron chi connectivity index (χ3n) is 3.83. The van der Waals surface area contributed by atoms with Gasteiger partial charge < -0.3 is 10.2 Å². The number of carbonyl (C=O) groups excluding carboxylic acids is 2. The molecule has 0 radical (unpaired) electrons. The predicted octanol–water partition coefficient (Wildman–Crippen LogP) is 1.87. The SMILES string of the molecule is CC(C)CNC(=O)CN1CCN(C(=O)c2ccc(Cl)cc2)CC1. The summed E-state index contributed by atoms with van der Waals surface area (Å²) in [5, 5.41) is 3.54. The molecule has 0 aromatic heterocycles. The molecule has 1 aliphatic heterocycles. The van der Waals surface area contributed by atoms with Crippen LogP contribution in [0.2, 0.25) is 5.02 Å². The Morgan fingerprint density at radius 1 is 1.13 bits per heavy atom. The maximum Gasteiger partial charge on any atom is 0.253 e. The number of amides is 2. The normalized spacial score (nSPS) is 15.7. The Kier molecular flexibility index (Phi) is 6.42. The molecule has 1 aromatic rings. The molecule has 5 nitrogen and oxygen atoms in total. The van der Waals surface area contributed by atoms with Gasteiger partial charge in [-0.1, -0.05) is 25.4 Å². The molecule has 1 aromatic carbocycles. The molecule has 6 heteroatoms. The molecule has 1 saturated heterocycles. The molecular formula is C17H24ClN3O2. The van der Waals surface area contributed by atoms with E-state index in [0.29, 0.717) is 55.8 Å². The van der Waals surface area contributed by atoms with Crippen molar-refractivity contribution in [2.45, 2.75) is 13.8 Å². The van der Waals surface area contributed by atoms with E-state index >= 15 is 0 Å². The summed E-state index contributed by atoms with van der Waals surface area (Å²) in [5.41, 5.74) is 0.650. The maximum absolute atomic E-state index is 12.4. The van der Waals surface area contributed by atoms with Gasteiger partial charge in [-0.15, -0.1) is 0 Å². The molecular weight excluding hydrogens is 314 g/mol. The molecule has 23 heavy (non-hydrogen) atoms. The van der Waals surface area contributed by atoms with Crippen LogP contribution >= 0.6 is 11.6 Å². The number of rotatable bonds is 5. The number of carbonyl (C=O) groups is 2. The molecule has 126 valence electrons. The lowest BCUT2D eigenvalue weighted by Crippen LogP contribution is -2.51. The Bertz CT molecular complexity index is 537. The summed E-state index contributed by atoms with van der Waals surface area (Å²) in [7, 11) is 0. The van der Waals surface area contributed by atoms with Crippen molar-refractivity contribution in [2.24, 2.45) is 5.92 Å². The fourth-order valence-electron chi connectivity index (χ4n) is 2.46. The minimum Gasteiger partial charge on any atom is -0.355 e. The highest BCUT2D eigenvalue weighted by molar-refractivity contribution is 6.30. The van der Waals surface area contributed by atoms with Gasteiger partial charge in [-0.2, -0.15) is 0 Å². The van der Waals surface area contributed by atoms with Crippen LogP contribution in [-0.2, 0) is 4.79 Å². The molecule has 0 bridgehead atoms. The number of hydrogen-bond donors (Lipinski definition) is 1. The molecule has 0 saturated carbocycles. The Morgan fingerprint density at radius 2 is 1.74 bits per heavy atom. The number of nitrogens with zero attached hydrogens (tertiary/aromatic N) is 2. The van der Waals surface area contributed by atoms with Crippen molar-refractivity contribution in [1.29, 1.82) is 0 Å². The summed E-state index contributed by atoms with van der Waals surface area (Å²) in [4.78, 5) is 28.2. The average Bonchev–Trinajstić information content (AvgIpc) is 2.54. The Balaban J connectivity index is 1.78.